The third kappa shape index (κ3) is 13.4. The van der Waals surface area contributed by atoms with Crippen LogP contribution in [0.15, 0.2) is 77.7 Å². The van der Waals surface area contributed by atoms with Crippen LogP contribution in [-0.4, -0.2) is 62.7 Å². The molecule has 1 heterocycles. The highest BCUT2D eigenvalue weighted by Gasteiger charge is 2.28. The predicted octanol–water partition coefficient (Wildman–Crippen LogP) is 2.95. The van der Waals surface area contributed by atoms with Crippen molar-refractivity contribution in [3.8, 4) is 22.9 Å². The fourth-order valence-electron chi connectivity index (χ4n) is 3.18. The summed E-state index contributed by atoms with van der Waals surface area (Å²) in [6.45, 7) is 1.92. The van der Waals surface area contributed by atoms with Crippen LogP contribution in [0.25, 0.3) is 11.4 Å². The highest BCUT2D eigenvalue weighted by molar-refractivity contribution is 7.90. The maximum Gasteiger partial charge on any atom is 0.394 e. The number of nitrogens with one attached hydrogen (secondary N) is 1. The smallest absolute Gasteiger partial charge is 0.394 e. The molecular formula is C24H27N3O12S4. The van der Waals surface area contributed by atoms with E-state index in [-0.39, 0.29) is 10.8 Å². The van der Waals surface area contributed by atoms with Crippen molar-refractivity contribution in [2.45, 2.75) is 17.7 Å². The predicted molar refractivity (Wildman–Crippen MR) is 155 cm³/mol. The van der Waals surface area contributed by atoms with Gasteiger partial charge < -0.3 is 19.3 Å². The first kappa shape index (κ1) is 35.5. The van der Waals surface area contributed by atoms with Gasteiger partial charge >= 0.3 is 21.4 Å². The minimum Gasteiger partial charge on any atom is -0.726 e. The number of benzene rings is 3. The molecule has 0 fully saturated rings. The molecule has 234 valence electrons. The normalized spacial score (nSPS) is 11.3. The summed E-state index contributed by atoms with van der Waals surface area (Å²) in [7, 11) is -9.95. The van der Waals surface area contributed by atoms with E-state index in [1.807, 2.05) is 55.5 Å². The van der Waals surface area contributed by atoms with Gasteiger partial charge in [-0.3, -0.25) is 13.7 Å². The first-order valence-corrected chi connectivity index (χ1v) is 16.7. The van der Waals surface area contributed by atoms with E-state index in [4.69, 9.17) is 49.5 Å². The molecule has 0 radical (unpaired) electrons. The van der Waals surface area contributed by atoms with Gasteiger partial charge in [0.1, 0.15) is 23.0 Å². The fraction of sp³-hybridized carbons (Fsp3) is 0.167. The largest absolute Gasteiger partial charge is 0.726 e. The highest BCUT2D eigenvalue weighted by atomic mass is 32.3. The van der Waals surface area contributed by atoms with Crippen molar-refractivity contribution >= 4 is 53.0 Å². The van der Waals surface area contributed by atoms with E-state index in [0.717, 1.165) is 22.6 Å². The van der Waals surface area contributed by atoms with Crippen LogP contribution in [-0.2, 0) is 36.5 Å². The van der Waals surface area contributed by atoms with Crippen LogP contribution in [0.3, 0.4) is 0 Å². The molecule has 0 saturated carbocycles. The average Bonchev–Trinajstić information content (AvgIpc) is 3.28. The number of sulfone groups is 1. The van der Waals surface area contributed by atoms with Crippen LogP contribution in [0.5, 0.6) is 11.5 Å². The van der Waals surface area contributed by atoms with Crippen LogP contribution in [0.4, 0.5) is 10.8 Å². The molecule has 0 saturated heterocycles. The van der Waals surface area contributed by atoms with E-state index >= 15 is 0 Å². The molecule has 0 aliphatic heterocycles. The summed E-state index contributed by atoms with van der Waals surface area (Å²) in [5.74, 6) is 1.79. The molecule has 1 aromatic heterocycles. The average molecular weight is 678 g/mol. The minimum atomic E-state index is -4.92. The second-order valence-corrected chi connectivity index (χ2v) is 12.9. The SMILES string of the molecule is COc1ccc(Nc2nc(-c3ccc(OC)cc3)[n+](CS(=O)(=O)c3ccc(C)cc3)s2)cc1.O=S(=O)(O)O.O=S(=O)([O-])O. The molecule has 0 unspecified atom stereocenters. The van der Waals surface area contributed by atoms with Gasteiger partial charge in [-0.25, -0.2) is 16.8 Å². The van der Waals surface area contributed by atoms with E-state index in [1.54, 1.807) is 42.4 Å². The van der Waals surface area contributed by atoms with Crippen LogP contribution in [0, 0.1) is 6.92 Å². The third-order valence-electron chi connectivity index (χ3n) is 5.00. The van der Waals surface area contributed by atoms with Crippen molar-refractivity contribution in [3.05, 3.63) is 78.4 Å². The van der Waals surface area contributed by atoms with Gasteiger partial charge in [0.25, 0.3) is 0 Å². The summed E-state index contributed by atoms with van der Waals surface area (Å²) in [5.41, 5.74) is 2.61. The lowest BCUT2D eigenvalue weighted by molar-refractivity contribution is -0.597. The summed E-state index contributed by atoms with van der Waals surface area (Å²) in [4.78, 5) is 4.98. The van der Waals surface area contributed by atoms with Crippen LogP contribution < -0.4 is 18.7 Å². The molecule has 0 amide bonds. The Morgan fingerprint density at radius 2 is 1.26 bits per heavy atom. The van der Waals surface area contributed by atoms with Crippen molar-refractivity contribution in [1.82, 2.24) is 4.98 Å². The summed E-state index contributed by atoms with van der Waals surface area (Å²) in [6, 6.07) is 21.7. The molecule has 43 heavy (non-hydrogen) atoms. The highest BCUT2D eigenvalue weighted by Crippen LogP contribution is 2.26. The second kappa shape index (κ2) is 15.2. The van der Waals surface area contributed by atoms with E-state index in [2.05, 4.69) is 5.32 Å². The standard InChI is InChI=1S/C24H23N3O4S2.2H2O4S/c1-17-4-14-22(15-5-17)33(28,29)16-27-23(18-6-10-20(30-2)11-7-18)26-24(32-27)25-19-8-12-21(31-3)13-9-19;2*1-5(2,3)4/h4-15H,16H2,1-3H3;2*(H2,1,2,3,4). The lowest BCUT2D eigenvalue weighted by Crippen LogP contribution is -2.36. The molecule has 0 aliphatic rings. The number of hydrogen-bond acceptors (Lipinski definition) is 12. The minimum absolute atomic E-state index is 0.223. The summed E-state index contributed by atoms with van der Waals surface area (Å²) in [5, 5.41) is 3.83. The van der Waals surface area contributed by atoms with Crippen molar-refractivity contribution in [2.75, 3.05) is 19.5 Å². The number of anilines is 2. The number of ether oxygens (including phenoxy) is 2. The van der Waals surface area contributed by atoms with E-state index in [1.165, 1.54) is 11.5 Å². The van der Waals surface area contributed by atoms with Crippen LogP contribution in [0.2, 0.25) is 0 Å². The van der Waals surface area contributed by atoms with Gasteiger partial charge in [-0.2, -0.15) is 12.4 Å². The van der Waals surface area contributed by atoms with Gasteiger partial charge in [0.05, 0.1) is 24.7 Å². The monoisotopic (exact) mass is 677 g/mol. The molecule has 0 bridgehead atoms. The lowest BCUT2D eigenvalue weighted by atomic mass is 10.2. The Morgan fingerprint density at radius 3 is 1.70 bits per heavy atom. The number of methoxy groups -OCH3 is 2. The Balaban J connectivity index is 0.000000559. The topological polar surface area (TPSA) is 233 Å². The van der Waals surface area contributed by atoms with E-state index < -0.39 is 30.6 Å². The van der Waals surface area contributed by atoms with Crippen molar-refractivity contribution in [2.24, 2.45) is 0 Å². The maximum absolute atomic E-state index is 13.1. The maximum atomic E-state index is 13.1. The molecule has 4 rings (SSSR count). The molecule has 4 N–H and O–H groups in total. The van der Waals surface area contributed by atoms with Crippen molar-refractivity contribution in [3.63, 3.8) is 0 Å². The number of aromatic nitrogens is 2. The zero-order valence-electron chi connectivity index (χ0n) is 22.7. The summed E-state index contributed by atoms with van der Waals surface area (Å²) in [6.07, 6.45) is 0. The van der Waals surface area contributed by atoms with Crippen LogP contribution >= 0.6 is 11.5 Å². The molecule has 15 nitrogen and oxygen atoms in total. The Bertz CT molecular complexity index is 1760. The first-order valence-electron chi connectivity index (χ1n) is 11.5. The van der Waals surface area contributed by atoms with Gasteiger partial charge in [-0.15, -0.1) is 0 Å². The van der Waals surface area contributed by atoms with Gasteiger partial charge in [0, 0.05) is 5.69 Å². The van der Waals surface area contributed by atoms with Gasteiger partial charge in [0.2, 0.25) is 26.1 Å². The Hall–Kier alpha value is -3.69. The van der Waals surface area contributed by atoms with Crippen molar-refractivity contribution < 1.29 is 56.9 Å². The van der Waals surface area contributed by atoms with Gasteiger partial charge in [-0.05, 0) is 72.6 Å². The van der Waals surface area contributed by atoms with E-state index in [9.17, 15) is 8.42 Å². The number of nitrogens with zero attached hydrogens (tertiary/aromatic N) is 2. The van der Waals surface area contributed by atoms with Crippen molar-refractivity contribution in [1.29, 1.82) is 0 Å². The second-order valence-electron chi connectivity index (χ2n) is 8.22. The molecular weight excluding hydrogens is 651 g/mol. The fourth-order valence-corrected chi connectivity index (χ4v) is 5.67. The molecule has 19 heteroatoms. The van der Waals surface area contributed by atoms with E-state index in [0.29, 0.717) is 16.7 Å². The Labute approximate surface area is 252 Å². The van der Waals surface area contributed by atoms with Crippen LogP contribution in [0.1, 0.15) is 5.56 Å². The number of aryl methyl sites for hydroxylation is 1. The summed E-state index contributed by atoms with van der Waals surface area (Å²) < 4.78 is 103. The number of hydrogen-bond donors (Lipinski definition) is 4. The first-order chi connectivity index (χ1) is 19.9. The molecule has 4 aromatic rings. The Morgan fingerprint density at radius 1 is 0.814 bits per heavy atom. The van der Waals surface area contributed by atoms with Gasteiger partial charge in [-0.1, -0.05) is 17.7 Å². The van der Waals surface area contributed by atoms with Gasteiger partial charge in [0.15, 0.2) is 0 Å². The zero-order chi connectivity index (χ0) is 32.4. The lowest BCUT2D eigenvalue weighted by Gasteiger charge is -2.04. The zero-order valence-corrected chi connectivity index (χ0v) is 25.9. The summed E-state index contributed by atoms with van der Waals surface area (Å²) >= 11 is 1.25. The number of rotatable bonds is 8. The molecule has 0 spiro atoms. The molecule has 0 aliphatic carbocycles. The molecule has 0 atom stereocenters. The quantitative estimate of drug-likeness (QED) is 0.119. The Kier molecular flexibility index (Phi) is 12.5. The third-order valence-corrected chi connectivity index (χ3v) is 7.64. The molecule has 3 aromatic carbocycles.